The van der Waals surface area contributed by atoms with Crippen molar-refractivity contribution in [3.8, 4) is 5.75 Å². The fourth-order valence-corrected chi connectivity index (χ4v) is 4.93. The summed E-state index contributed by atoms with van der Waals surface area (Å²) in [4.78, 5) is 24.3. The predicted molar refractivity (Wildman–Crippen MR) is 134 cm³/mol. The minimum atomic E-state index is -0.662. The zero-order valence-electron chi connectivity index (χ0n) is 15.7. The summed E-state index contributed by atoms with van der Waals surface area (Å²) in [5.74, 6) is -0.161. The lowest BCUT2D eigenvalue weighted by atomic mass is 10.1. The number of carbonyl (C=O) groups is 1. The second-order valence-electron chi connectivity index (χ2n) is 6.35. The molecule has 3 aromatic rings. The van der Waals surface area contributed by atoms with Crippen molar-refractivity contribution >= 4 is 72.6 Å². The van der Waals surface area contributed by atoms with E-state index in [1.807, 2.05) is 34.7 Å². The van der Waals surface area contributed by atoms with Crippen LogP contribution in [0, 0.1) is 10.1 Å². The molecule has 3 aromatic carbocycles. The van der Waals surface area contributed by atoms with Crippen LogP contribution in [0.15, 0.2) is 71.6 Å². The molecule has 0 bridgehead atoms. The van der Waals surface area contributed by atoms with Crippen LogP contribution in [0.25, 0.3) is 3.58 Å². The molecule has 31 heavy (non-hydrogen) atoms. The molecule has 0 heterocycles. The summed E-state index contributed by atoms with van der Waals surface area (Å²) in [5.41, 5.74) is 1.46. The highest BCUT2D eigenvalue weighted by atomic mass is 127. The van der Waals surface area contributed by atoms with Crippen LogP contribution in [0.3, 0.4) is 0 Å². The van der Waals surface area contributed by atoms with Gasteiger partial charge in [0.15, 0.2) is 11.5 Å². The molecule has 0 saturated heterocycles. The van der Waals surface area contributed by atoms with Crippen LogP contribution in [-0.4, -0.2) is 15.8 Å². The van der Waals surface area contributed by atoms with Crippen molar-refractivity contribution in [3.63, 3.8) is 0 Å². The van der Waals surface area contributed by atoms with E-state index in [0.29, 0.717) is 35.4 Å². The number of hydrogen-bond acceptors (Lipinski definition) is 5. The summed E-state index contributed by atoms with van der Waals surface area (Å²) >= 11 is 15.2. The number of hydrogen-bond donors (Lipinski definition) is 1. The van der Waals surface area contributed by atoms with Crippen molar-refractivity contribution in [2.75, 3.05) is 0 Å². The molecule has 0 radical (unpaired) electrons. The summed E-state index contributed by atoms with van der Waals surface area (Å²) in [6, 6.07) is 17.9. The van der Waals surface area contributed by atoms with Crippen molar-refractivity contribution in [2.24, 2.45) is 0 Å². The molecule has 0 saturated carbocycles. The van der Waals surface area contributed by atoms with Gasteiger partial charge in [-0.05, 0) is 82.2 Å². The van der Waals surface area contributed by atoms with Gasteiger partial charge in [0.2, 0.25) is 0 Å². The van der Waals surface area contributed by atoms with E-state index in [1.165, 1.54) is 23.9 Å². The zero-order valence-corrected chi connectivity index (χ0v) is 20.2. The highest BCUT2D eigenvalue weighted by Crippen LogP contribution is 2.39. The SMILES string of the molecule is O=C(C(SCc1ccc(Cl)cc1)=C(I)c1ccc(O)c([N+](=O)[O-])c1)c1ccc(Cl)cc1. The van der Waals surface area contributed by atoms with E-state index in [1.54, 1.807) is 42.5 Å². The largest absolute Gasteiger partial charge is 0.502 e. The quantitative estimate of drug-likeness (QED) is 0.102. The molecule has 0 fully saturated rings. The van der Waals surface area contributed by atoms with Gasteiger partial charge in [0, 0.05) is 31.0 Å². The molecule has 0 aliphatic rings. The molecule has 5 nitrogen and oxygen atoms in total. The summed E-state index contributed by atoms with van der Waals surface area (Å²) in [6.45, 7) is 0. The Morgan fingerprint density at radius 2 is 1.52 bits per heavy atom. The summed E-state index contributed by atoms with van der Waals surface area (Å²) < 4.78 is 0.541. The van der Waals surface area contributed by atoms with E-state index in [0.717, 1.165) is 5.56 Å². The van der Waals surface area contributed by atoms with E-state index in [2.05, 4.69) is 0 Å². The molecule has 158 valence electrons. The van der Waals surface area contributed by atoms with E-state index < -0.39 is 16.4 Å². The molecule has 0 atom stereocenters. The number of aromatic hydroxyl groups is 1. The van der Waals surface area contributed by atoms with Crippen LogP contribution in [0.2, 0.25) is 10.0 Å². The predicted octanol–water partition coefficient (Wildman–Crippen LogP) is 7.53. The molecule has 3 rings (SSSR count). The maximum atomic E-state index is 13.3. The minimum Gasteiger partial charge on any atom is -0.502 e. The average Bonchev–Trinajstić information content (AvgIpc) is 2.75. The van der Waals surface area contributed by atoms with Gasteiger partial charge < -0.3 is 5.11 Å². The first-order valence-electron chi connectivity index (χ1n) is 8.81. The van der Waals surface area contributed by atoms with Crippen LogP contribution in [0.4, 0.5) is 5.69 Å². The Hall–Kier alpha value is -2.07. The first-order chi connectivity index (χ1) is 14.8. The number of nitrogens with zero attached hydrogens (tertiary/aromatic N) is 1. The Morgan fingerprint density at radius 3 is 2.10 bits per heavy atom. The van der Waals surface area contributed by atoms with Gasteiger partial charge in [-0.1, -0.05) is 35.3 Å². The van der Waals surface area contributed by atoms with Gasteiger partial charge in [-0.15, -0.1) is 11.8 Å². The summed E-state index contributed by atoms with van der Waals surface area (Å²) in [6.07, 6.45) is 0. The first-order valence-corrected chi connectivity index (χ1v) is 11.6. The smallest absolute Gasteiger partial charge is 0.311 e. The number of halogens is 3. The molecule has 0 aromatic heterocycles. The second kappa shape index (κ2) is 10.5. The van der Waals surface area contributed by atoms with E-state index in [9.17, 15) is 20.0 Å². The molecule has 0 aliphatic carbocycles. The Kier molecular flexibility index (Phi) is 7.99. The van der Waals surface area contributed by atoms with Crippen molar-refractivity contribution in [1.82, 2.24) is 0 Å². The van der Waals surface area contributed by atoms with E-state index >= 15 is 0 Å². The Bertz CT molecular complexity index is 1170. The van der Waals surface area contributed by atoms with Gasteiger partial charge in [-0.2, -0.15) is 0 Å². The number of nitro benzene ring substituents is 1. The molecule has 0 spiro atoms. The lowest BCUT2D eigenvalue weighted by Crippen LogP contribution is -2.03. The Labute approximate surface area is 206 Å². The van der Waals surface area contributed by atoms with Crippen LogP contribution in [0.1, 0.15) is 21.5 Å². The van der Waals surface area contributed by atoms with Gasteiger partial charge in [0.1, 0.15) is 0 Å². The maximum Gasteiger partial charge on any atom is 0.311 e. The number of nitro groups is 1. The van der Waals surface area contributed by atoms with Crippen molar-refractivity contribution < 1.29 is 14.8 Å². The highest BCUT2D eigenvalue weighted by Gasteiger charge is 2.21. The Morgan fingerprint density at radius 1 is 0.968 bits per heavy atom. The second-order valence-corrected chi connectivity index (χ2v) is 9.29. The number of allylic oxidation sites excluding steroid dienone is 1. The number of benzene rings is 3. The topological polar surface area (TPSA) is 80.4 Å². The molecule has 0 aliphatic heterocycles. The number of ketones is 1. The summed E-state index contributed by atoms with van der Waals surface area (Å²) in [7, 11) is 0. The number of thioether (sulfide) groups is 1. The number of Topliss-reactive ketones (excluding diaryl/α,β-unsaturated/α-hetero) is 1. The van der Waals surface area contributed by atoms with Crippen molar-refractivity contribution in [2.45, 2.75) is 5.75 Å². The molecule has 0 amide bonds. The third kappa shape index (κ3) is 6.00. The van der Waals surface area contributed by atoms with Crippen LogP contribution in [0.5, 0.6) is 5.75 Å². The zero-order chi connectivity index (χ0) is 22.5. The standard InChI is InChI=1S/C22H14Cl2INO4S/c23-16-6-1-13(2-7-16)12-31-22(21(28)14-3-8-17(24)9-4-14)20(25)15-5-10-19(27)18(11-15)26(29)30/h1-11,27H,12H2. The molecule has 9 heteroatoms. The van der Waals surface area contributed by atoms with Crippen LogP contribution in [-0.2, 0) is 5.75 Å². The first kappa shape index (κ1) is 23.6. The van der Waals surface area contributed by atoms with Crippen molar-refractivity contribution in [3.05, 3.63) is 108 Å². The van der Waals surface area contributed by atoms with Gasteiger partial charge in [0.25, 0.3) is 0 Å². The number of phenols is 1. The highest BCUT2D eigenvalue weighted by molar-refractivity contribution is 14.1. The Balaban J connectivity index is 2.03. The maximum absolute atomic E-state index is 13.3. The molecule has 0 unspecified atom stereocenters. The number of carbonyl (C=O) groups excluding carboxylic acids is 1. The normalized spacial score (nSPS) is 11.7. The lowest BCUT2D eigenvalue weighted by molar-refractivity contribution is -0.385. The number of phenolic OH excluding ortho intramolecular Hbond substituents is 1. The van der Waals surface area contributed by atoms with Gasteiger partial charge in [0.05, 0.1) is 9.83 Å². The average molecular weight is 586 g/mol. The van der Waals surface area contributed by atoms with E-state index in [-0.39, 0.29) is 5.78 Å². The third-order valence-corrected chi connectivity index (χ3v) is 7.42. The van der Waals surface area contributed by atoms with Gasteiger partial charge in [-0.3, -0.25) is 14.9 Å². The third-order valence-electron chi connectivity index (χ3n) is 4.23. The molecular formula is C22H14Cl2INO4S. The van der Waals surface area contributed by atoms with E-state index in [4.69, 9.17) is 23.2 Å². The monoisotopic (exact) mass is 585 g/mol. The molecule has 1 N–H and O–H groups in total. The van der Waals surface area contributed by atoms with Crippen LogP contribution < -0.4 is 0 Å². The fraction of sp³-hybridized carbons (Fsp3) is 0.0455. The van der Waals surface area contributed by atoms with Crippen LogP contribution >= 0.6 is 57.6 Å². The van der Waals surface area contributed by atoms with Gasteiger partial charge >= 0.3 is 5.69 Å². The van der Waals surface area contributed by atoms with Gasteiger partial charge in [-0.25, -0.2) is 0 Å². The van der Waals surface area contributed by atoms with Crippen molar-refractivity contribution in [1.29, 1.82) is 0 Å². The number of rotatable bonds is 7. The minimum absolute atomic E-state index is 0.226. The molecular weight excluding hydrogens is 572 g/mol. The fourth-order valence-electron chi connectivity index (χ4n) is 2.63. The lowest BCUT2D eigenvalue weighted by Gasteiger charge is -2.12. The summed E-state index contributed by atoms with van der Waals surface area (Å²) in [5, 5.41) is 22.1.